The molecule has 1 aliphatic heterocycles. The van der Waals surface area contributed by atoms with Crippen molar-refractivity contribution in [1.82, 2.24) is 15.2 Å². The molecule has 1 saturated carbocycles. The van der Waals surface area contributed by atoms with Crippen LogP contribution in [0.15, 0.2) is 24.4 Å². The van der Waals surface area contributed by atoms with E-state index in [1.165, 1.54) is 12.8 Å². The summed E-state index contributed by atoms with van der Waals surface area (Å²) >= 11 is 0. The van der Waals surface area contributed by atoms with Gasteiger partial charge in [-0.15, -0.1) is 0 Å². The van der Waals surface area contributed by atoms with Gasteiger partial charge in [0.15, 0.2) is 0 Å². The van der Waals surface area contributed by atoms with E-state index in [0.29, 0.717) is 17.2 Å². The van der Waals surface area contributed by atoms with Crippen LogP contribution in [-0.4, -0.2) is 42.0 Å². The number of carbonyl (C=O) groups is 1. The molecule has 110 valence electrons. The highest BCUT2D eigenvalue weighted by Gasteiger charge is 2.53. The Hall–Kier alpha value is -1.42. The number of carbonyl (C=O) groups excluding carboxylic acids is 1. The van der Waals surface area contributed by atoms with E-state index in [9.17, 15) is 4.79 Å². The van der Waals surface area contributed by atoms with Crippen LogP contribution in [0, 0.1) is 5.41 Å². The normalized spacial score (nSPS) is 22.4. The van der Waals surface area contributed by atoms with E-state index in [4.69, 9.17) is 0 Å². The molecule has 20 heavy (non-hydrogen) atoms. The maximum absolute atomic E-state index is 12.5. The van der Waals surface area contributed by atoms with Crippen LogP contribution < -0.4 is 5.32 Å². The summed E-state index contributed by atoms with van der Waals surface area (Å²) in [4.78, 5) is 18.7. The van der Waals surface area contributed by atoms with Gasteiger partial charge in [-0.1, -0.05) is 19.9 Å². The van der Waals surface area contributed by atoms with Gasteiger partial charge in [0.2, 0.25) is 0 Å². The van der Waals surface area contributed by atoms with Gasteiger partial charge >= 0.3 is 0 Å². The highest BCUT2D eigenvalue weighted by molar-refractivity contribution is 5.92. The molecule has 0 radical (unpaired) electrons. The van der Waals surface area contributed by atoms with Gasteiger partial charge in [-0.3, -0.25) is 9.78 Å². The third kappa shape index (κ3) is 3.01. The first kappa shape index (κ1) is 15.0. The van der Waals surface area contributed by atoms with Crippen molar-refractivity contribution in [1.29, 1.82) is 0 Å². The number of hydrogen-bond donors (Lipinski definition) is 1. The minimum Gasteiger partial charge on any atom is -0.332 e. The van der Waals surface area contributed by atoms with Crippen LogP contribution in [-0.2, 0) is 0 Å². The smallest absolute Gasteiger partial charge is 0.272 e. The van der Waals surface area contributed by atoms with Gasteiger partial charge in [-0.25, -0.2) is 0 Å². The molecule has 1 aliphatic carbocycles. The highest BCUT2D eigenvalue weighted by Crippen LogP contribution is 2.54. The summed E-state index contributed by atoms with van der Waals surface area (Å²) in [7, 11) is 1.95. The van der Waals surface area contributed by atoms with Crippen molar-refractivity contribution < 1.29 is 4.79 Å². The molecule has 2 fully saturated rings. The number of hydrogen-bond acceptors (Lipinski definition) is 3. The molecule has 4 heteroatoms. The lowest BCUT2D eigenvalue weighted by Gasteiger charge is -2.24. The Kier molecular flexibility index (Phi) is 4.76. The SMILES string of the molecule is CC.CNC[C@@H]1CC2(CC2)CN1C(=O)c1ccccn1. The molecule has 1 saturated heterocycles. The van der Waals surface area contributed by atoms with Crippen molar-refractivity contribution in [2.45, 2.75) is 39.2 Å². The van der Waals surface area contributed by atoms with Gasteiger partial charge in [0.05, 0.1) is 0 Å². The van der Waals surface area contributed by atoms with Crippen LogP contribution >= 0.6 is 0 Å². The van der Waals surface area contributed by atoms with Crippen molar-refractivity contribution >= 4 is 5.91 Å². The first-order chi connectivity index (χ1) is 9.74. The van der Waals surface area contributed by atoms with E-state index in [0.717, 1.165) is 19.5 Å². The Morgan fingerprint density at radius 1 is 1.45 bits per heavy atom. The number of likely N-dealkylation sites (tertiary alicyclic amines) is 1. The molecule has 4 nitrogen and oxygen atoms in total. The topological polar surface area (TPSA) is 45.2 Å². The quantitative estimate of drug-likeness (QED) is 0.921. The maximum Gasteiger partial charge on any atom is 0.272 e. The fourth-order valence-electron chi connectivity index (χ4n) is 3.00. The summed E-state index contributed by atoms with van der Waals surface area (Å²) in [6.45, 7) is 5.79. The summed E-state index contributed by atoms with van der Waals surface area (Å²) < 4.78 is 0. The minimum absolute atomic E-state index is 0.0830. The Balaban J connectivity index is 0.000000704. The first-order valence-electron chi connectivity index (χ1n) is 7.61. The second kappa shape index (κ2) is 6.35. The van der Waals surface area contributed by atoms with E-state index in [1.807, 2.05) is 37.9 Å². The number of nitrogens with one attached hydrogen (secondary N) is 1. The van der Waals surface area contributed by atoms with E-state index >= 15 is 0 Å². The van der Waals surface area contributed by atoms with E-state index in [1.54, 1.807) is 12.3 Å². The molecule has 0 unspecified atom stereocenters. The van der Waals surface area contributed by atoms with Crippen molar-refractivity contribution in [2.24, 2.45) is 5.41 Å². The third-order valence-electron chi connectivity index (χ3n) is 4.16. The third-order valence-corrected chi connectivity index (χ3v) is 4.16. The average molecular weight is 275 g/mol. The molecule has 1 aromatic heterocycles. The monoisotopic (exact) mass is 275 g/mol. The second-order valence-electron chi connectivity index (χ2n) is 5.56. The van der Waals surface area contributed by atoms with Crippen molar-refractivity contribution in [3.05, 3.63) is 30.1 Å². The highest BCUT2D eigenvalue weighted by atomic mass is 16.2. The average Bonchev–Trinajstić information content (AvgIpc) is 3.16. The number of amides is 1. The maximum atomic E-state index is 12.5. The molecule has 1 N–H and O–H groups in total. The fraction of sp³-hybridized carbons (Fsp3) is 0.625. The van der Waals surface area contributed by atoms with E-state index in [-0.39, 0.29) is 5.91 Å². The van der Waals surface area contributed by atoms with Gasteiger partial charge in [-0.05, 0) is 43.9 Å². The molecule has 1 atom stereocenters. The fourth-order valence-corrected chi connectivity index (χ4v) is 3.00. The molecular formula is C16H25N3O. The number of pyridine rings is 1. The standard InChI is InChI=1S/C14H19N3O.C2H6/c1-15-9-11-8-14(5-6-14)10-17(11)13(18)12-4-2-3-7-16-12;1-2/h2-4,7,11,15H,5-6,8-10H2,1H3;1-2H3/t11-;/m0./s1. The van der Waals surface area contributed by atoms with Crippen molar-refractivity contribution in [3.8, 4) is 0 Å². The molecular weight excluding hydrogens is 250 g/mol. The molecule has 1 amide bonds. The van der Waals surface area contributed by atoms with Gasteiger partial charge in [0, 0.05) is 25.3 Å². The van der Waals surface area contributed by atoms with Gasteiger partial charge < -0.3 is 10.2 Å². The molecule has 2 heterocycles. The largest absolute Gasteiger partial charge is 0.332 e. The van der Waals surface area contributed by atoms with Crippen LogP contribution in [0.5, 0.6) is 0 Å². The number of nitrogens with zero attached hydrogens (tertiary/aromatic N) is 2. The lowest BCUT2D eigenvalue weighted by molar-refractivity contribution is 0.0725. The van der Waals surface area contributed by atoms with Crippen LogP contribution in [0.25, 0.3) is 0 Å². The van der Waals surface area contributed by atoms with Crippen molar-refractivity contribution in [2.75, 3.05) is 20.1 Å². The predicted molar refractivity (Wildman–Crippen MR) is 80.6 cm³/mol. The molecule has 1 spiro atoms. The predicted octanol–water partition coefficient (Wildman–Crippen LogP) is 2.32. The lowest BCUT2D eigenvalue weighted by Crippen LogP contribution is -2.41. The summed E-state index contributed by atoms with van der Waals surface area (Å²) in [6, 6.07) is 5.84. The summed E-state index contributed by atoms with van der Waals surface area (Å²) in [6.07, 6.45) is 5.38. The van der Waals surface area contributed by atoms with E-state index in [2.05, 4.69) is 10.3 Å². The Morgan fingerprint density at radius 3 is 2.75 bits per heavy atom. The minimum atomic E-state index is 0.0830. The molecule has 2 aliphatic rings. The van der Waals surface area contributed by atoms with Crippen LogP contribution in [0.4, 0.5) is 0 Å². The molecule has 0 aromatic carbocycles. The molecule has 1 aromatic rings. The van der Waals surface area contributed by atoms with Gasteiger partial charge in [0.1, 0.15) is 5.69 Å². The Bertz CT molecular complexity index is 442. The Labute approximate surface area is 121 Å². The van der Waals surface area contributed by atoms with Gasteiger partial charge in [0.25, 0.3) is 5.91 Å². The van der Waals surface area contributed by atoms with Crippen LogP contribution in [0.3, 0.4) is 0 Å². The molecule has 0 bridgehead atoms. The van der Waals surface area contributed by atoms with Crippen LogP contribution in [0.2, 0.25) is 0 Å². The zero-order valence-corrected chi connectivity index (χ0v) is 12.7. The number of aromatic nitrogens is 1. The number of likely N-dealkylation sites (N-methyl/N-ethyl adjacent to an activating group) is 1. The van der Waals surface area contributed by atoms with Crippen LogP contribution in [0.1, 0.15) is 43.6 Å². The van der Waals surface area contributed by atoms with E-state index < -0.39 is 0 Å². The molecule has 3 rings (SSSR count). The summed E-state index contributed by atoms with van der Waals surface area (Å²) in [5.41, 5.74) is 1.00. The van der Waals surface area contributed by atoms with Crippen molar-refractivity contribution in [3.63, 3.8) is 0 Å². The zero-order valence-electron chi connectivity index (χ0n) is 12.7. The summed E-state index contributed by atoms with van der Waals surface area (Å²) in [5.74, 6) is 0.0830. The Morgan fingerprint density at radius 2 is 2.20 bits per heavy atom. The zero-order chi connectivity index (χ0) is 14.6. The summed E-state index contributed by atoms with van der Waals surface area (Å²) in [5, 5.41) is 3.20. The second-order valence-corrected chi connectivity index (χ2v) is 5.56. The van der Waals surface area contributed by atoms with Gasteiger partial charge in [-0.2, -0.15) is 0 Å². The first-order valence-corrected chi connectivity index (χ1v) is 7.61. The lowest BCUT2D eigenvalue weighted by atomic mass is 10.0. The number of rotatable bonds is 3.